The fourth-order valence-electron chi connectivity index (χ4n) is 1.39. The van der Waals surface area contributed by atoms with Crippen molar-refractivity contribution in [3.8, 4) is 0 Å². The molecule has 0 N–H and O–H groups in total. The number of ether oxygens (including phenoxy) is 1. The van der Waals surface area contributed by atoms with Crippen LogP contribution in [0.2, 0.25) is 0 Å². The summed E-state index contributed by atoms with van der Waals surface area (Å²) in [5, 5.41) is 0.376. The van der Waals surface area contributed by atoms with Crippen molar-refractivity contribution in [3.63, 3.8) is 0 Å². The Morgan fingerprint density at radius 2 is 1.83 bits per heavy atom. The van der Waals surface area contributed by atoms with Crippen LogP contribution >= 0.6 is 15.9 Å². The first-order valence-corrected chi connectivity index (χ1v) is 7.37. The van der Waals surface area contributed by atoms with E-state index < -0.39 is 5.60 Å². The molecule has 0 aromatic heterocycles. The summed E-state index contributed by atoms with van der Waals surface area (Å²) in [6.07, 6.45) is 0.836. The van der Waals surface area contributed by atoms with Crippen molar-refractivity contribution in [3.05, 3.63) is 0 Å². The van der Waals surface area contributed by atoms with E-state index >= 15 is 0 Å². The van der Waals surface area contributed by atoms with Crippen molar-refractivity contribution in [2.24, 2.45) is 0 Å². The van der Waals surface area contributed by atoms with Gasteiger partial charge in [-0.1, -0.05) is 15.9 Å². The number of nitrogens with zero attached hydrogens (tertiary/aromatic N) is 1. The highest BCUT2D eigenvalue weighted by Gasteiger charge is 2.23. The molecule has 5 heteroatoms. The van der Waals surface area contributed by atoms with E-state index in [9.17, 15) is 9.59 Å². The number of ketones is 1. The molecule has 106 valence electrons. The number of Topliss-reactive ketones (excluding diaryl/α,β-unsaturated/α-hetero) is 1. The van der Waals surface area contributed by atoms with Crippen molar-refractivity contribution in [1.29, 1.82) is 0 Å². The number of alkyl halides is 1. The zero-order valence-electron chi connectivity index (χ0n) is 12.0. The molecule has 0 atom stereocenters. The Balaban J connectivity index is 4.31. The third kappa shape index (κ3) is 7.69. The predicted octanol–water partition coefficient (Wildman–Crippen LogP) is 3.38. The average Bonchev–Trinajstić information content (AvgIpc) is 2.20. The number of carbonyl (C=O) groups is 2. The maximum Gasteiger partial charge on any atom is 0.410 e. The molecule has 0 unspecified atom stereocenters. The van der Waals surface area contributed by atoms with Crippen LogP contribution in [0.3, 0.4) is 0 Å². The minimum Gasteiger partial charge on any atom is -0.444 e. The van der Waals surface area contributed by atoms with Gasteiger partial charge in [0.15, 0.2) is 0 Å². The monoisotopic (exact) mass is 321 g/mol. The van der Waals surface area contributed by atoms with Crippen LogP contribution in [0.25, 0.3) is 0 Å². The number of hydrogen-bond donors (Lipinski definition) is 0. The fourth-order valence-corrected chi connectivity index (χ4v) is 1.67. The van der Waals surface area contributed by atoms with Gasteiger partial charge in [-0.15, -0.1) is 0 Å². The van der Waals surface area contributed by atoms with Crippen molar-refractivity contribution in [2.75, 3.05) is 11.9 Å². The summed E-state index contributed by atoms with van der Waals surface area (Å²) in [5.74, 6) is 0.155. The van der Waals surface area contributed by atoms with Gasteiger partial charge in [0.05, 0.1) is 5.33 Å². The summed E-state index contributed by atoms with van der Waals surface area (Å²) in [7, 11) is 0. The van der Waals surface area contributed by atoms with Gasteiger partial charge in [-0.3, -0.25) is 4.79 Å². The highest BCUT2D eigenvalue weighted by atomic mass is 79.9. The van der Waals surface area contributed by atoms with Crippen molar-refractivity contribution in [1.82, 2.24) is 4.90 Å². The van der Waals surface area contributed by atoms with Gasteiger partial charge in [0.1, 0.15) is 11.4 Å². The molecule has 0 aliphatic rings. The van der Waals surface area contributed by atoms with Gasteiger partial charge in [0.25, 0.3) is 0 Å². The Kier molecular flexibility index (Phi) is 7.52. The van der Waals surface area contributed by atoms with E-state index in [-0.39, 0.29) is 17.9 Å². The summed E-state index contributed by atoms with van der Waals surface area (Å²) < 4.78 is 5.34. The second-order valence-corrected chi connectivity index (χ2v) is 6.10. The SMILES string of the molecule is CC(C)N(CCCC(=O)CBr)C(=O)OC(C)(C)C. The molecule has 0 rings (SSSR count). The van der Waals surface area contributed by atoms with Gasteiger partial charge < -0.3 is 9.64 Å². The van der Waals surface area contributed by atoms with E-state index in [2.05, 4.69) is 15.9 Å². The minimum atomic E-state index is -0.490. The molecular weight excluding hydrogens is 298 g/mol. The second kappa shape index (κ2) is 7.77. The summed E-state index contributed by atoms with van der Waals surface area (Å²) in [5.41, 5.74) is -0.490. The lowest BCUT2D eigenvalue weighted by molar-refractivity contribution is -0.116. The molecule has 0 bridgehead atoms. The predicted molar refractivity (Wildman–Crippen MR) is 76.1 cm³/mol. The first-order chi connectivity index (χ1) is 8.17. The Hall–Kier alpha value is -0.580. The molecule has 0 saturated heterocycles. The largest absolute Gasteiger partial charge is 0.444 e. The number of hydrogen-bond acceptors (Lipinski definition) is 3. The first kappa shape index (κ1) is 17.4. The molecule has 18 heavy (non-hydrogen) atoms. The number of carbonyl (C=O) groups excluding carboxylic acids is 2. The molecular formula is C13H24BrNO3. The first-order valence-electron chi connectivity index (χ1n) is 6.24. The van der Waals surface area contributed by atoms with Crippen molar-refractivity contribution >= 4 is 27.8 Å². The quantitative estimate of drug-likeness (QED) is 0.704. The molecule has 0 spiro atoms. The van der Waals surface area contributed by atoms with Gasteiger partial charge in [-0.2, -0.15) is 0 Å². The lowest BCUT2D eigenvalue weighted by Crippen LogP contribution is -2.41. The zero-order valence-corrected chi connectivity index (χ0v) is 13.5. The summed E-state index contributed by atoms with van der Waals surface area (Å²) in [6, 6.07) is 0.0684. The second-order valence-electron chi connectivity index (χ2n) is 5.54. The lowest BCUT2D eigenvalue weighted by Gasteiger charge is -2.30. The molecule has 0 fully saturated rings. The summed E-state index contributed by atoms with van der Waals surface area (Å²) in [4.78, 5) is 24.8. The normalized spacial score (nSPS) is 11.5. The van der Waals surface area contributed by atoms with Crippen LogP contribution in [-0.4, -0.2) is 40.3 Å². The average molecular weight is 322 g/mol. The molecule has 0 heterocycles. The third-order valence-electron chi connectivity index (χ3n) is 2.26. The van der Waals surface area contributed by atoms with Gasteiger partial charge in [0, 0.05) is 19.0 Å². The smallest absolute Gasteiger partial charge is 0.410 e. The van der Waals surface area contributed by atoms with Gasteiger partial charge in [0.2, 0.25) is 0 Å². The van der Waals surface area contributed by atoms with Crippen LogP contribution in [0.5, 0.6) is 0 Å². The number of amides is 1. The Bertz CT molecular complexity index is 284. The molecule has 0 aliphatic heterocycles. The van der Waals surface area contributed by atoms with Crippen LogP contribution in [0, 0.1) is 0 Å². The molecule has 0 aromatic carbocycles. The third-order valence-corrected chi connectivity index (χ3v) is 2.88. The van der Waals surface area contributed by atoms with Crippen LogP contribution in [0.15, 0.2) is 0 Å². The van der Waals surface area contributed by atoms with Crippen LogP contribution < -0.4 is 0 Å². The summed E-state index contributed by atoms with van der Waals surface area (Å²) in [6.45, 7) is 9.96. The Morgan fingerprint density at radius 1 is 1.28 bits per heavy atom. The molecule has 0 radical (unpaired) electrons. The lowest BCUT2D eigenvalue weighted by atomic mass is 10.2. The van der Waals surface area contributed by atoms with E-state index in [1.54, 1.807) is 4.90 Å². The zero-order chi connectivity index (χ0) is 14.3. The minimum absolute atomic E-state index is 0.0684. The Morgan fingerprint density at radius 3 is 2.22 bits per heavy atom. The van der Waals surface area contributed by atoms with E-state index in [4.69, 9.17) is 4.74 Å². The molecule has 0 aliphatic carbocycles. The van der Waals surface area contributed by atoms with Gasteiger partial charge in [-0.25, -0.2) is 4.79 Å². The number of rotatable bonds is 6. The highest BCUT2D eigenvalue weighted by Crippen LogP contribution is 2.12. The van der Waals surface area contributed by atoms with Crippen LogP contribution in [0.1, 0.15) is 47.5 Å². The van der Waals surface area contributed by atoms with E-state index in [1.165, 1.54) is 0 Å². The van der Waals surface area contributed by atoms with E-state index in [0.29, 0.717) is 24.7 Å². The standard InChI is InChI=1S/C13H24BrNO3/c1-10(2)15(8-6-7-11(16)9-14)12(17)18-13(3,4)5/h10H,6-9H2,1-5H3. The summed E-state index contributed by atoms with van der Waals surface area (Å²) >= 11 is 3.12. The Labute approximate surface area is 118 Å². The number of halogens is 1. The van der Waals surface area contributed by atoms with E-state index in [0.717, 1.165) is 0 Å². The molecule has 0 aromatic rings. The maximum absolute atomic E-state index is 12.0. The van der Waals surface area contributed by atoms with Gasteiger partial charge >= 0.3 is 6.09 Å². The fraction of sp³-hybridized carbons (Fsp3) is 0.846. The molecule has 1 amide bonds. The van der Waals surface area contributed by atoms with Crippen LogP contribution in [-0.2, 0) is 9.53 Å². The maximum atomic E-state index is 12.0. The van der Waals surface area contributed by atoms with Crippen LogP contribution in [0.4, 0.5) is 4.79 Å². The topological polar surface area (TPSA) is 46.6 Å². The van der Waals surface area contributed by atoms with E-state index in [1.807, 2.05) is 34.6 Å². The molecule has 4 nitrogen and oxygen atoms in total. The highest BCUT2D eigenvalue weighted by molar-refractivity contribution is 9.09. The van der Waals surface area contributed by atoms with Crippen molar-refractivity contribution < 1.29 is 14.3 Å². The molecule has 0 saturated carbocycles. The van der Waals surface area contributed by atoms with Gasteiger partial charge in [-0.05, 0) is 41.0 Å². The van der Waals surface area contributed by atoms with Crippen molar-refractivity contribution in [2.45, 2.75) is 59.1 Å².